The molecule has 3 aromatic rings. The number of carbonyl (C=O) groups is 4. The van der Waals surface area contributed by atoms with E-state index in [-0.39, 0.29) is 13.0 Å². The second-order valence-electron chi connectivity index (χ2n) is 8.39. The van der Waals surface area contributed by atoms with Gasteiger partial charge in [0.25, 0.3) is 5.91 Å². The molecule has 0 saturated heterocycles. The number of ether oxygens (including phenoxy) is 2. The van der Waals surface area contributed by atoms with Crippen molar-refractivity contribution in [3.8, 4) is 5.75 Å². The number of nitrogens with one attached hydrogen (secondary N) is 2. The highest BCUT2D eigenvalue weighted by molar-refractivity contribution is 6.16. The zero-order valence-electron chi connectivity index (χ0n) is 21.0. The number of carbonyl (C=O) groups excluding carboxylic acids is 4. The number of hydrogen-bond donors (Lipinski definition) is 2. The molecule has 0 bridgehead atoms. The van der Waals surface area contributed by atoms with Crippen LogP contribution < -0.4 is 20.3 Å². The molecule has 0 spiro atoms. The van der Waals surface area contributed by atoms with Crippen LogP contribution in [0.2, 0.25) is 0 Å². The first-order chi connectivity index (χ1) is 18.4. The fourth-order valence-electron chi connectivity index (χ4n) is 4.00. The van der Waals surface area contributed by atoms with Gasteiger partial charge in [-0.2, -0.15) is 0 Å². The molecule has 1 heterocycles. The molecule has 2 N–H and O–H groups in total. The first-order valence-corrected chi connectivity index (χ1v) is 12.0. The molecular formula is C29H27N3O6. The maximum atomic E-state index is 13.4. The third-order valence-corrected chi connectivity index (χ3v) is 5.87. The van der Waals surface area contributed by atoms with Crippen LogP contribution in [0.25, 0.3) is 6.08 Å². The maximum Gasteiger partial charge on any atom is 0.338 e. The second-order valence-corrected chi connectivity index (χ2v) is 8.39. The molecule has 9 heteroatoms. The SMILES string of the molecule is CCOC(=O)c1ccc(NC(=O)CC2C(=O)Nc3ccccc3N2C(=O)/C=C/c2ccc(OC)cc2)cc1. The Morgan fingerprint density at radius 2 is 1.71 bits per heavy atom. The molecule has 1 aliphatic heterocycles. The minimum Gasteiger partial charge on any atom is -0.497 e. The number of para-hydroxylation sites is 2. The van der Waals surface area contributed by atoms with Crippen LogP contribution in [0.3, 0.4) is 0 Å². The summed E-state index contributed by atoms with van der Waals surface area (Å²) in [6.45, 7) is 1.98. The van der Waals surface area contributed by atoms with Crippen molar-refractivity contribution in [2.75, 3.05) is 29.3 Å². The van der Waals surface area contributed by atoms with Crippen molar-refractivity contribution in [3.05, 3.63) is 90.0 Å². The Labute approximate surface area is 220 Å². The smallest absolute Gasteiger partial charge is 0.338 e. The van der Waals surface area contributed by atoms with Crippen LogP contribution >= 0.6 is 0 Å². The molecule has 3 amide bonds. The van der Waals surface area contributed by atoms with Crippen molar-refractivity contribution >= 4 is 46.8 Å². The zero-order valence-corrected chi connectivity index (χ0v) is 21.0. The quantitative estimate of drug-likeness (QED) is 0.344. The highest BCUT2D eigenvalue weighted by atomic mass is 16.5. The molecule has 3 aromatic carbocycles. The molecule has 1 atom stereocenters. The molecule has 0 aromatic heterocycles. The molecule has 1 aliphatic rings. The van der Waals surface area contributed by atoms with Gasteiger partial charge in [0, 0.05) is 11.8 Å². The van der Waals surface area contributed by atoms with Gasteiger partial charge in [0.05, 0.1) is 37.1 Å². The minimum absolute atomic E-state index is 0.258. The van der Waals surface area contributed by atoms with Gasteiger partial charge in [0.1, 0.15) is 11.8 Å². The molecule has 4 rings (SSSR count). The Bertz CT molecular complexity index is 1370. The normalized spacial score (nSPS) is 14.4. The van der Waals surface area contributed by atoms with Crippen LogP contribution in [0.5, 0.6) is 5.75 Å². The molecule has 0 aliphatic carbocycles. The Balaban J connectivity index is 1.52. The number of hydrogen-bond acceptors (Lipinski definition) is 6. The summed E-state index contributed by atoms with van der Waals surface area (Å²) in [4.78, 5) is 52.5. The van der Waals surface area contributed by atoms with E-state index in [0.29, 0.717) is 28.4 Å². The van der Waals surface area contributed by atoms with Gasteiger partial charge in [-0.25, -0.2) is 4.79 Å². The van der Waals surface area contributed by atoms with Crippen LogP contribution in [0.1, 0.15) is 29.3 Å². The van der Waals surface area contributed by atoms with Gasteiger partial charge in [-0.15, -0.1) is 0 Å². The summed E-state index contributed by atoms with van der Waals surface area (Å²) in [5.41, 5.74) is 2.54. The topological polar surface area (TPSA) is 114 Å². The van der Waals surface area contributed by atoms with E-state index >= 15 is 0 Å². The average Bonchev–Trinajstić information content (AvgIpc) is 2.93. The van der Waals surface area contributed by atoms with Crippen molar-refractivity contribution < 1.29 is 28.7 Å². The van der Waals surface area contributed by atoms with E-state index in [1.165, 1.54) is 23.1 Å². The summed E-state index contributed by atoms with van der Waals surface area (Å²) in [5.74, 6) is -1.15. The van der Waals surface area contributed by atoms with Crippen molar-refractivity contribution in [1.29, 1.82) is 0 Å². The monoisotopic (exact) mass is 513 g/mol. The van der Waals surface area contributed by atoms with Gasteiger partial charge >= 0.3 is 5.97 Å². The van der Waals surface area contributed by atoms with Crippen LogP contribution in [0.15, 0.2) is 78.9 Å². The molecule has 0 saturated carbocycles. The predicted molar refractivity (Wildman–Crippen MR) is 144 cm³/mol. The summed E-state index contributed by atoms with van der Waals surface area (Å²) in [7, 11) is 1.57. The number of nitrogens with zero attached hydrogens (tertiary/aromatic N) is 1. The van der Waals surface area contributed by atoms with Crippen LogP contribution in [0, 0.1) is 0 Å². The molecule has 9 nitrogen and oxygen atoms in total. The number of amides is 3. The highest BCUT2D eigenvalue weighted by Gasteiger charge is 2.37. The number of anilines is 3. The summed E-state index contributed by atoms with van der Waals surface area (Å²) in [5, 5.41) is 5.50. The first-order valence-electron chi connectivity index (χ1n) is 12.0. The van der Waals surface area contributed by atoms with Crippen LogP contribution in [-0.2, 0) is 19.1 Å². The van der Waals surface area contributed by atoms with E-state index in [2.05, 4.69) is 10.6 Å². The Hall–Kier alpha value is -4.92. The first kappa shape index (κ1) is 26.2. The fraction of sp³-hybridized carbons (Fsp3) is 0.172. The van der Waals surface area contributed by atoms with Gasteiger partial charge in [0.15, 0.2) is 0 Å². The number of rotatable bonds is 8. The van der Waals surface area contributed by atoms with E-state index < -0.39 is 29.7 Å². The van der Waals surface area contributed by atoms with E-state index in [1.54, 1.807) is 80.8 Å². The molecular weight excluding hydrogens is 486 g/mol. The van der Waals surface area contributed by atoms with Crippen LogP contribution in [0.4, 0.5) is 17.1 Å². The highest BCUT2D eigenvalue weighted by Crippen LogP contribution is 2.33. The summed E-state index contributed by atoms with van der Waals surface area (Å²) >= 11 is 0. The standard InChI is InChI=1S/C29H27N3O6/c1-3-38-29(36)20-11-13-21(14-12-20)30-26(33)18-25-28(35)31-23-6-4-5-7-24(23)32(25)27(34)17-10-19-8-15-22(37-2)16-9-19/h4-17,25H,3,18H2,1-2H3,(H,30,33)(H,31,35)/b17-10+. The lowest BCUT2D eigenvalue weighted by molar-refractivity contribution is -0.124. The number of esters is 1. The Morgan fingerprint density at radius 3 is 2.39 bits per heavy atom. The van der Waals surface area contributed by atoms with Crippen molar-refractivity contribution in [1.82, 2.24) is 0 Å². The molecule has 1 unspecified atom stereocenters. The lowest BCUT2D eigenvalue weighted by Crippen LogP contribution is -2.52. The molecule has 0 fully saturated rings. The minimum atomic E-state index is -1.07. The van der Waals surface area contributed by atoms with Crippen LogP contribution in [-0.4, -0.2) is 43.4 Å². The Kier molecular flexibility index (Phi) is 8.17. The third kappa shape index (κ3) is 6.07. The van der Waals surface area contributed by atoms with E-state index in [0.717, 1.165) is 5.56 Å². The molecule has 0 radical (unpaired) electrons. The fourth-order valence-corrected chi connectivity index (χ4v) is 4.00. The van der Waals surface area contributed by atoms with Crippen molar-refractivity contribution in [3.63, 3.8) is 0 Å². The molecule has 38 heavy (non-hydrogen) atoms. The lowest BCUT2D eigenvalue weighted by Gasteiger charge is -2.35. The summed E-state index contributed by atoms with van der Waals surface area (Å²) in [6.07, 6.45) is 2.73. The van der Waals surface area contributed by atoms with Crippen molar-refractivity contribution in [2.45, 2.75) is 19.4 Å². The maximum absolute atomic E-state index is 13.4. The number of benzene rings is 3. The van der Waals surface area contributed by atoms with Gasteiger partial charge in [-0.3, -0.25) is 19.3 Å². The van der Waals surface area contributed by atoms with Gasteiger partial charge < -0.3 is 20.1 Å². The van der Waals surface area contributed by atoms with E-state index in [1.807, 2.05) is 0 Å². The summed E-state index contributed by atoms with van der Waals surface area (Å²) < 4.78 is 10.1. The second kappa shape index (κ2) is 11.9. The van der Waals surface area contributed by atoms with E-state index in [9.17, 15) is 19.2 Å². The van der Waals surface area contributed by atoms with E-state index in [4.69, 9.17) is 9.47 Å². The predicted octanol–water partition coefficient (Wildman–Crippen LogP) is 4.27. The van der Waals surface area contributed by atoms with Gasteiger partial charge in [-0.05, 0) is 67.1 Å². The molecule has 194 valence electrons. The average molecular weight is 514 g/mol. The van der Waals surface area contributed by atoms with Gasteiger partial charge in [0.2, 0.25) is 11.8 Å². The zero-order chi connectivity index (χ0) is 27.1. The summed E-state index contributed by atoms with van der Waals surface area (Å²) in [6, 6.07) is 19.2. The van der Waals surface area contributed by atoms with Crippen molar-refractivity contribution in [2.24, 2.45) is 0 Å². The van der Waals surface area contributed by atoms with Gasteiger partial charge in [-0.1, -0.05) is 24.3 Å². The third-order valence-electron chi connectivity index (χ3n) is 5.87. The Morgan fingerprint density at radius 1 is 1.00 bits per heavy atom. The lowest BCUT2D eigenvalue weighted by atomic mass is 10.0. The number of methoxy groups -OCH3 is 1. The number of fused-ring (bicyclic) bond motifs is 1. The largest absolute Gasteiger partial charge is 0.497 e.